The van der Waals surface area contributed by atoms with Crippen LogP contribution in [0.4, 0.5) is 5.69 Å². The second-order valence-corrected chi connectivity index (χ2v) is 4.26. The van der Waals surface area contributed by atoms with Crippen LogP contribution >= 0.6 is 0 Å². The summed E-state index contributed by atoms with van der Waals surface area (Å²) in [5.41, 5.74) is 7.38. The molecule has 6 heteroatoms. The van der Waals surface area contributed by atoms with Crippen molar-refractivity contribution in [2.24, 2.45) is 0 Å². The molecule has 6 nitrogen and oxygen atoms in total. The van der Waals surface area contributed by atoms with Gasteiger partial charge in [-0.2, -0.15) is 0 Å². The number of ether oxygens (including phenoxy) is 2. The van der Waals surface area contributed by atoms with Crippen LogP contribution in [0, 0.1) is 0 Å². The molecule has 0 spiro atoms. The SMILES string of the molecule is CCOC(=O)c1ccc2ncc(C(=O)OCC)c(N)c2c1. The fraction of sp³-hybridized carbons (Fsp3) is 0.267. The first-order valence-electron chi connectivity index (χ1n) is 6.61. The van der Waals surface area contributed by atoms with Crippen molar-refractivity contribution in [3.05, 3.63) is 35.5 Å². The number of aromatic nitrogens is 1. The van der Waals surface area contributed by atoms with Crippen molar-refractivity contribution >= 4 is 28.5 Å². The highest BCUT2D eigenvalue weighted by molar-refractivity contribution is 6.05. The van der Waals surface area contributed by atoms with Crippen LogP contribution < -0.4 is 5.73 Å². The Morgan fingerprint density at radius 3 is 2.48 bits per heavy atom. The molecule has 0 saturated carbocycles. The minimum absolute atomic E-state index is 0.186. The van der Waals surface area contributed by atoms with E-state index in [2.05, 4.69) is 4.98 Å². The van der Waals surface area contributed by atoms with Crippen LogP contribution in [0.5, 0.6) is 0 Å². The molecule has 0 aliphatic rings. The number of nitrogens with two attached hydrogens (primary N) is 1. The molecule has 2 N–H and O–H groups in total. The Kier molecular flexibility index (Phi) is 4.37. The summed E-state index contributed by atoms with van der Waals surface area (Å²) in [5.74, 6) is -0.980. The number of carbonyl (C=O) groups excluding carboxylic acids is 2. The van der Waals surface area contributed by atoms with E-state index >= 15 is 0 Å². The molecule has 21 heavy (non-hydrogen) atoms. The molecule has 0 aliphatic carbocycles. The van der Waals surface area contributed by atoms with Gasteiger partial charge in [0.2, 0.25) is 0 Å². The van der Waals surface area contributed by atoms with Gasteiger partial charge in [0.25, 0.3) is 0 Å². The normalized spacial score (nSPS) is 10.4. The molecule has 0 saturated heterocycles. The molecule has 1 aromatic heterocycles. The number of esters is 2. The molecule has 0 fully saturated rings. The number of anilines is 1. The fourth-order valence-corrected chi connectivity index (χ4v) is 1.93. The first-order valence-corrected chi connectivity index (χ1v) is 6.61. The number of hydrogen-bond donors (Lipinski definition) is 1. The van der Waals surface area contributed by atoms with Crippen LogP contribution in [0.3, 0.4) is 0 Å². The van der Waals surface area contributed by atoms with Crippen molar-refractivity contribution in [1.29, 1.82) is 0 Å². The first-order chi connectivity index (χ1) is 10.1. The molecule has 2 rings (SSSR count). The lowest BCUT2D eigenvalue weighted by molar-refractivity contribution is 0.0518. The van der Waals surface area contributed by atoms with Gasteiger partial charge in [-0.3, -0.25) is 4.98 Å². The van der Waals surface area contributed by atoms with E-state index in [9.17, 15) is 9.59 Å². The highest BCUT2D eigenvalue weighted by Crippen LogP contribution is 2.25. The van der Waals surface area contributed by atoms with Crippen LogP contribution in [-0.4, -0.2) is 30.1 Å². The molecule has 0 amide bonds. The van der Waals surface area contributed by atoms with Crippen molar-refractivity contribution in [2.45, 2.75) is 13.8 Å². The molecule has 0 unspecified atom stereocenters. The maximum absolute atomic E-state index is 11.8. The van der Waals surface area contributed by atoms with E-state index < -0.39 is 11.9 Å². The van der Waals surface area contributed by atoms with E-state index in [0.29, 0.717) is 16.5 Å². The molecule has 1 heterocycles. The van der Waals surface area contributed by atoms with Crippen LogP contribution in [0.15, 0.2) is 24.4 Å². The third-order valence-corrected chi connectivity index (χ3v) is 2.92. The van der Waals surface area contributed by atoms with Gasteiger partial charge >= 0.3 is 11.9 Å². The van der Waals surface area contributed by atoms with Crippen molar-refractivity contribution in [2.75, 3.05) is 18.9 Å². The summed E-state index contributed by atoms with van der Waals surface area (Å²) in [6.07, 6.45) is 1.37. The van der Waals surface area contributed by atoms with Crippen LogP contribution in [0.25, 0.3) is 10.9 Å². The molecule has 0 aliphatic heterocycles. The highest BCUT2D eigenvalue weighted by Gasteiger charge is 2.16. The summed E-state index contributed by atoms with van der Waals surface area (Å²) in [7, 11) is 0. The molecular weight excluding hydrogens is 272 g/mol. The average molecular weight is 288 g/mol. The van der Waals surface area contributed by atoms with E-state index in [1.165, 1.54) is 6.20 Å². The average Bonchev–Trinajstić information content (AvgIpc) is 2.48. The summed E-state index contributed by atoms with van der Waals surface area (Å²) < 4.78 is 9.86. The summed E-state index contributed by atoms with van der Waals surface area (Å²) in [5, 5.41) is 0.520. The lowest BCUT2D eigenvalue weighted by Crippen LogP contribution is -2.10. The lowest BCUT2D eigenvalue weighted by Gasteiger charge is -2.09. The number of pyridine rings is 1. The van der Waals surface area contributed by atoms with Crippen molar-refractivity contribution in [1.82, 2.24) is 4.98 Å². The number of carbonyl (C=O) groups is 2. The largest absolute Gasteiger partial charge is 0.462 e. The van der Waals surface area contributed by atoms with Crippen molar-refractivity contribution in [3.63, 3.8) is 0 Å². The predicted molar refractivity (Wildman–Crippen MR) is 78.1 cm³/mol. The van der Waals surface area contributed by atoms with Crippen LogP contribution in [0.1, 0.15) is 34.6 Å². The lowest BCUT2D eigenvalue weighted by atomic mass is 10.1. The summed E-state index contributed by atoms with van der Waals surface area (Å²) in [6, 6.07) is 4.84. The fourth-order valence-electron chi connectivity index (χ4n) is 1.93. The molecular formula is C15H16N2O4. The first kappa shape index (κ1) is 14.8. The van der Waals surface area contributed by atoms with Gasteiger partial charge in [-0.1, -0.05) is 0 Å². The Balaban J connectivity index is 2.51. The number of benzene rings is 1. The number of rotatable bonds is 4. The van der Waals surface area contributed by atoms with E-state index in [1.54, 1.807) is 32.0 Å². The summed E-state index contributed by atoms with van der Waals surface area (Å²) in [4.78, 5) is 27.7. The Morgan fingerprint density at radius 2 is 1.81 bits per heavy atom. The highest BCUT2D eigenvalue weighted by atomic mass is 16.5. The molecule has 0 atom stereocenters. The van der Waals surface area contributed by atoms with Gasteiger partial charge in [-0.15, -0.1) is 0 Å². The minimum Gasteiger partial charge on any atom is -0.462 e. The number of fused-ring (bicyclic) bond motifs is 1. The second-order valence-electron chi connectivity index (χ2n) is 4.26. The van der Waals surface area contributed by atoms with E-state index in [1.807, 2.05) is 0 Å². The number of nitrogen functional groups attached to an aromatic ring is 1. The predicted octanol–water partition coefficient (Wildman–Crippen LogP) is 2.17. The van der Waals surface area contributed by atoms with Gasteiger partial charge in [0.05, 0.1) is 30.0 Å². The zero-order valence-corrected chi connectivity index (χ0v) is 11.9. The summed E-state index contributed by atoms with van der Waals surface area (Å²) in [6.45, 7) is 3.97. The summed E-state index contributed by atoms with van der Waals surface area (Å²) >= 11 is 0. The zero-order chi connectivity index (χ0) is 15.4. The van der Waals surface area contributed by atoms with Gasteiger partial charge in [0, 0.05) is 11.6 Å². The smallest absolute Gasteiger partial charge is 0.341 e. The molecule has 0 radical (unpaired) electrons. The van der Waals surface area contributed by atoms with Gasteiger partial charge < -0.3 is 15.2 Å². The second kappa shape index (κ2) is 6.21. The molecule has 2 aromatic rings. The topological polar surface area (TPSA) is 91.5 Å². The van der Waals surface area contributed by atoms with E-state index in [4.69, 9.17) is 15.2 Å². The monoisotopic (exact) mass is 288 g/mol. The standard InChI is InChI=1S/C15H16N2O4/c1-3-20-14(18)9-5-6-12-10(7-9)13(16)11(8-17-12)15(19)21-4-2/h5-8H,3-4H2,1-2H3,(H2,16,17). The van der Waals surface area contributed by atoms with Gasteiger partial charge in [-0.25, -0.2) is 9.59 Å². The van der Waals surface area contributed by atoms with Gasteiger partial charge in [0.15, 0.2) is 0 Å². The van der Waals surface area contributed by atoms with E-state index in [-0.39, 0.29) is 24.5 Å². The zero-order valence-electron chi connectivity index (χ0n) is 11.9. The molecule has 110 valence electrons. The number of hydrogen-bond acceptors (Lipinski definition) is 6. The van der Waals surface area contributed by atoms with Crippen molar-refractivity contribution in [3.8, 4) is 0 Å². The molecule has 0 bridgehead atoms. The van der Waals surface area contributed by atoms with Gasteiger partial charge in [0.1, 0.15) is 5.56 Å². The quantitative estimate of drug-likeness (QED) is 0.867. The van der Waals surface area contributed by atoms with Crippen LogP contribution in [-0.2, 0) is 9.47 Å². The molecule has 1 aromatic carbocycles. The third kappa shape index (κ3) is 2.94. The Labute approximate surface area is 121 Å². The van der Waals surface area contributed by atoms with Gasteiger partial charge in [-0.05, 0) is 32.0 Å². The van der Waals surface area contributed by atoms with Crippen molar-refractivity contribution < 1.29 is 19.1 Å². The minimum atomic E-state index is -0.536. The Morgan fingerprint density at radius 1 is 1.14 bits per heavy atom. The maximum Gasteiger partial charge on any atom is 0.341 e. The van der Waals surface area contributed by atoms with E-state index in [0.717, 1.165) is 0 Å². The third-order valence-electron chi connectivity index (χ3n) is 2.92. The maximum atomic E-state index is 11.8. The Hall–Kier alpha value is -2.63. The Bertz CT molecular complexity index is 692. The van der Waals surface area contributed by atoms with Crippen LogP contribution in [0.2, 0.25) is 0 Å². The number of nitrogens with zero attached hydrogens (tertiary/aromatic N) is 1.